The molecule has 0 bridgehead atoms. The first kappa shape index (κ1) is 20.3. The quantitative estimate of drug-likeness (QED) is 0.197. The van der Waals surface area contributed by atoms with E-state index in [-0.39, 0.29) is 11.7 Å². The van der Waals surface area contributed by atoms with Crippen molar-refractivity contribution in [3.8, 4) is 5.75 Å². The van der Waals surface area contributed by atoms with Crippen LogP contribution in [0.25, 0.3) is 0 Å². The third-order valence-corrected chi connectivity index (χ3v) is 5.01. The number of hydrogen-bond donors (Lipinski definition) is 3. The maximum absolute atomic E-state index is 12.4. The van der Waals surface area contributed by atoms with Crippen molar-refractivity contribution in [2.45, 2.75) is 11.5 Å². The van der Waals surface area contributed by atoms with Gasteiger partial charge in [-0.2, -0.15) is 0 Å². The number of ether oxygens (including phenoxy) is 1. The number of carbonyl (C=O) groups is 1. The highest BCUT2D eigenvalue weighted by molar-refractivity contribution is 8.00. The highest BCUT2D eigenvalue weighted by Crippen LogP contribution is 2.20. The minimum absolute atomic E-state index is 0.00742. The highest BCUT2D eigenvalue weighted by Gasteiger charge is 2.07. The van der Waals surface area contributed by atoms with Crippen molar-refractivity contribution in [3.63, 3.8) is 0 Å². The molecule has 1 amide bonds. The van der Waals surface area contributed by atoms with E-state index in [2.05, 4.69) is 10.4 Å². The number of amidine groups is 1. The van der Waals surface area contributed by atoms with Crippen molar-refractivity contribution < 1.29 is 9.53 Å². The Morgan fingerprint density at radius 2 is 1.66 bits per heavy atom. The molecule has 0 aliphatic carbocycles. The average molecular weight is 404 g/mol. The summed E-state index contributed by atoms with van der Waals surface area (Å²) in [6, 6.07) is 24.3. The molecular weight excluding hydrogens is 384 g/mol. The molecule has 0 aliphatic rings. The van der Waals surface area contributed by atoms with Crippen LogP contribution in [0.4, 0.5) is 5.69 Å². The van der Waals surface area contributed by atoms with Gasteiger partial charge in [0.2, 0.25) is 0 Å². The lowest BCUT2D eigenvalue weighted by Gasteiger charge is -2.09. The third kappa shape index (κ3) is 6.29. The van der Waals surface area contributed by atoms with E-state index in [1.54, 1.807) is 24.3 Å². The molecule has 3 aromatic rings. The van der Waals surface area contributed by atoms with Crippen molar-refractivity contribution in [2.24, 2.45) is 5.11 Å². The van der Waals surface area contributed by atoms with Crippen molar-refractivity contribution in [1.82, 2.24) is 0 Å². The predicted molar refractivity (Wildman–Crippen MR) is 115 cm³/mol. The second-order valence-electron chi connectivity index (χ2n) is 6.12. The fourth-order valence-electron chi connectivity index (χ4n) is 2.47. The standard InChI is InChI=1S/C22H20N4O2S/c23-21(26-24)15-29-20-12-6-17(7-13-20)22(27)25-18-8-10-19(11-9-18)28-14-16-4-2-1-3-5-16/h1-13,23-24H,14-15H2,(H,25,27). The summed E-state index contributed by atoms with van der Waals surface area (Å²) in [5.74, 6) is 0.868. The Morgan fingerprint density at radius 1 is 0.966 bits per heavy atom. The Balaban J connectivity index is 1.52. The summed E-state index contributed by atoms with van der Waals surface area (Å²) in [5, 5.41) is 13.3. The molecule has 0 saturated carbocycles. The van der Waals surface area contributed by atoms with Crippen LogP contribution in [0, 0.1) is 10.9 Å². The van der Waals surface area contributed by atoms with Gasteiger partial charge in [-0.3, -0.25) is 10.2 Å². The van der Waals surface area contributed by atoms with Crippen molar-refractivity contribution in [2.75, 3.05) is 11.1 Å². The molecule has 0 radical (unpaired) electrons. The van der Waals surface area contributed by atoms with Crippen LogP contribution in [0.3, 0.4) is 0 Å². The molecule has 146 valence electrons. The minimum Gasteiger partial charge on any atom is -0.489 e. The second kappa shape index (κ2) is 10.2. The number of amides is 1. The number of hydrogen-bond acceptors (Lipinski definition) is 5. The minimum atomic E-state index is -0.201. The lowest BCUT2D eigenvalue weighted by Crippen LogP contribution is -2.11. The molecule has 0 heterocycles. The average Bonchev–Trinajstić information content (AvgIpc) is 2.78. The molecule has 0 spiro atoms. The van der Waals surface area contributed by atoms with Crippen LogP contribution in [0.2, 0.25) is 0 Å². The molecule has 3 N–H and O–H groups in total. The number of carbonyl (C=O) groups excluding carboxylic acids is 1. The zero-order valence-corrected chi connectivity index (χ0v) is 16.4. The number of benzene rings is 3. The maximum atomic E-state index is 12.4. The summed E-state index contributed by atoms with van der Waals surface area (Å²) in [6.45, 7) is 0.492. The van der Waals surface area contributed by atoms with Gasteiger partial charge in [-0.25, -0.2) is 5.53 Å². The van der Waals surface area contributed by atoms with Crippen LogP contribution < -0.4 is 10.1 Å². The first-order chi connectivity index (χ1) is 14.1. The molecule has 0 saturated heterocycles. The normalized spacial score (nSPS) is 10.2. The summed E-state index contributed by atoms with van der Waals surface area (Å²) in [6.07, 6.45) is 0. The van der Waals surface area contributed by atoms with Gasteiger partial charge in [-0.05, 0) is 54.1 Å². The molecule has 0 aromatic heterocycles. The van der Waals surface area contributed by atoms with E-state index in [4.69, 9.17) is 15.7 Å². The zero-order valence-electron chi connectivity index (χ0n) is 15.6. The Morgan fingerprint density at radius 3 is 2.31 bits per heavy atom. The fraction of sp³-hybridized carbons (Fsp3) is 0.0909. The van der Waals surface area contributed by atoms with Gasteiger partial charge in [0.15, 0.2) is 5.84 Å². The number of nitrogens with one attached hydrogen (secondary N) is 3. The van der Waals surface area contributed by atoms with E-state index in [1.165, 1.54) is 11.8 Å². The lowest BCUT2D eigenvalue weighted by atomic mass is 10.2. The summed E-state index contributed by atoms with van der Waals surface area (Å²) in [5.41, 5.74) is 9.10. The number of anilines is 1. The van der Waals surface area contributed by atoms with Crippen LogP contribution in [-0.4, -0.2) is 17.5 Å². The molecule has 0 atom stereocenters. The molecule has 0 aliphatic heterocycles. The van der Waals surface area contributed by atoms with Gasteiger partial charge in [0.05, 0.1) is 5.75 Å². The van der Waals surface area contributed by atoms with Crippen molar-refractivity contribution in [1.29, 1.82) is 10.9 Å². The van der Waals surface area contributed by atoms with Gasteiger partial charge in [-0.1, -0.05) is 30.3 Å². The Hall–Kier alpha value is -3.45. The van der Waals surface area contributed by atoms with Gasteiger partial charge in [0.1, 0.15) is 12.4 Å². The Kier molecular flexibility index (Phi) is 7.13. The smallest absolute Gasteiger partial charge is 0.255 e. The molecular formula is C22H20N4O2S. The summed E-state index contributed by atoms with van der Waals surface area (Å²) in [7, 11) is 0. The Bertz CT molecular complexity index is 974. The molecule has 3 aromatic carbocycles. The maximum Gasteiger partial charge on any atom is 0.255 e. The monoisotopic (exact) mass is 404 g/mol. The van der Waals surface area contributed by atoms with Crippen LogP contribution in [-0.2, 0) is 6.61 Å². The van der Waals surface area contributed by atoms with Gasteiger partial charge >= 0.3 is 0 Å². The van der Waals surface area contributed by atoms with Crippen LogP contribution in [0.15, 0.2) is 88.9 Å². The number of rotatable bonds is 8. The third-order valence-electron chi connectivity index (χ3n) is 3.99. The van der Waals surface area contributed by atoms with E-state index in [1.807, 2.05) is 54.6 Å². The van der Waals surface area contributed by atoms with Crippen molar-refractivity contribution >= 4 is 29.2 Å². The first-order valence-electron chi connectivity index (χ1n) is 8.90. The van der Waals surface area contributed by atoms with Crippen LogP contribution >= 0.6 is 11.8 Å². The molecule has 0 fully saturated rings. The summed E-state index contributed by atoms with van der Waals surface area (Å²) < 4.78 is 5.75. The van der Waals surface area contributed by atoms with Gasteiger partial charge in [0.25, 0.3) is 5.91 Å². The van der Waals surface area contributed by atoms with Crippen molar-refractivity contribution in [3.05, 3.63) is 90.0 Å². The second-order valence-corrected chi connectivity index (χ2v) is 7.17. The molecule has 0 unspecified atom stereocenters. The summed E-state index contributed by atoms with van der Waals surface area (Å²) >= 11 is 1.40. The van der Waals surface area contributed by atoms with E-state index < -0.39 is 0 Å². The molecule has 7 heteroatoms. The van der Waals surface area contributed by atoms with Gasteiger partial charge < -0.3 is 10.1 Å². The van der Waals surface area contributed by atoms with E-state index >= 15 is 0 Å². The molecule has 29 heavy (non-hydrogen) atoms. The fourth-order valence-corrected chi connectivity index (χ4v) is 3.16. The lowest BCUT2D eigenvalue weighted by molar-refractivity contribution is 0.102. The first-order valence-corrected chi connectivity index (χ1v) is 9.88. The number of nitrogens with zero attached hydrogens (tertiary/aromatic N) is 1. The van der Waals surface area contributed by atoms with Crippen LogP contribution in [0.5, 0.6) is 5.75 Å². The molecule has 6 nitrogen and oxygen atoms in total. The predicted octanol–water partition coefficient (Wildman–Crippen LogP) is 5.62. The largest absolute Gasteiger partial charge is 0.489 e. The zero-order chi connectivity index (χ0) is 20.5. The highest BCUT2D eigenvalue weighted by atomic mass is 32.2. The van der Waals surface area contributed by atoms with E-state index in [0.29, 0.717) is 23.6 Å². The Labute approximate surface area is 173 Å². The number of thioether (sulfide) groups is 1. The van der Waals surface area contributed by atoms with E-state index in [0.717, 1.165) is 16.2 Å². The van der Waals surface area contributed by atoms with Crippen LogP contribution in [0.1, 0.15) is 15.9 Å². The SMILES string of the molecule is N=NC(=N)CSc1ccc(C(=O)Nc2ccc(OCc3ccccc3)cc2)cc1. The van der Waals surface area contributed by atoms with E-state index in [9.17, 15) is 4.79 Å². The van der Waals surface area contributed by atoms with Gasteiger partial charge in [-0.15, -0.1) is 16.9 Å². The molecule has 3 rings (SSSR count). The topological polar surface area (TPSA) is 98.4 Å². The summed E-state index contributed by atoms with van der Waals surface area (Å²) in [4.78, 5) is 13.3. The van der Waals surface area contributed by atoms with Gasteiger partial charge in [0, 0.05) is 16.1 Å².